The predicted molar refractivity (Wildman–Crippen MR) is 143 cm³/mol. The van der Waals surface area contributed by atoms with E-state index in [1.165, 1.54) is 5.56 Å². The Balaban J connectivity index is 1.65. The van der Waals surface area contributed by atoms with Gasteiger partial charge in [0.2, 0.25) is 0 Å². The summed E-state index contributed by atoms with van der Waals surface area (Å²) in [4.78, 5) is 13.1. The van der Waals surface area contributed by atoms with Crippen LogP contribution in [0.15, 0.2) is 91.0 Å². The molecule has 0 aliphatic carbocycles. The first kappa shape index (κ1) is 26.3. The van der Waals surface area contributed by atoms with Gasteiger partial charge in [0, 0.05) is 16.4 Å². The second-order valence-corrected chi connectivity index (χ2v) is 12.0. The number of carbonyl (C=O) groups is 1. The molecule has 0 amide bonds. The van der Waals surface area contributed by atoms with E-state index in [2.05, 4.69) is 19.1 Å². The van der Waals surface area contributed by atoms with E-state index in [1.54, 1.807) is 36.0 Å². The van der Waals surface area contributed by atoms with Gasteiger partial charge in [-0.3, -0.25) is 9.36 Å². The Morgan fingerprint density at radius 1 is 0.882 bits per heavy atom. The van der Waals surface area contributed by atoms with Gasteiger partial charge < -0.3 is 9.26 Å². The van der Waals surface area contributed by atoms with Crippen LogP contribution in [0.1, 0.15) is 31.7 Å². The van der Waals surface area contributed by atoms with Crippen molar-refractivity contribution < 1.29 is 18.6 Å². The van der Waals surface area contributed by atoms with Crippen LogP contribution in [0.3, 0.4) is 0 Å². The number of esters is 1. The average molecular weight is 497 g/mol. The number of hydrogen-bond acceptors (Lipinski definition) is 5. The third-order valence-corrected chi connectivity index (χ3v) is 9.29. The molecule has 2 atom stereocenters. The molecule has 0 spiro atoms. The maximum Gasteiger partial charge on any atom is 0.312 e. The number of thioether (sulfide) groups is 1. The fourth-order valence-corrected chi connectivity index (χ4v) is 7.05. The molecule has 0 bridgehead atoms. The Kier molecular flexibility index (Phi) is 9.58. The molecule has 0 aliphatic heterocycles. The summed E-state index contributed by atoms with van der Waals surface area (Å²) in [5.74, 6) is 0.636. The van der Waals surface area contributed by atoms with Crippen molar-refractivity contribution in [1.82, 2.24) is 0 Å². The lowest BCUT2D eigenvalue weighted by Gasteiger charge is -2.30. The Labute approximate surface area is 207 Å². The quantitative estimate of drug-likeness (QED) is 0.174. The minimum absolute atomic E-state index is 0.0478. The second kappa shape index (κ2) is 12.4. The number of hydrogen-bond donors (Lipinski definition) is 0. The second-order valence-electron chi connectivity index (χ2n) is 8.70. The van der Waals surface area contributed by atoms with Crippen LogP contribution < -0.4 is 10.6 Å². The van der Waals surface area contributed by atoms with Crippen LogP contribution in [0.4, 0.5) is 0 Å². The van der Waals surface area contributed by atoms with E-state index in [1.807, 2.05) is 67.8 Å². The lowest BCUT2D eigenvalue weighted by Crippen LogP contribution is -2.34. The maximum atomic E-state index is 13.9. The van der Waals surface area contributed by atoms with Crippen LogP contribution >= 0.6 is 19.1 Å². The highest BCUT2D eigenvalue weighted by Crippen LogP contribution is 2.44. The van der Waals surface area contributed by atoms with Gasteiger partial charge >= 0.3 is 5.97 Å². The summed E-state index contributed by atoms with van der Waals surface area (Å²) in [7, 11) is -3.30. The van der Waals surface area contributed by atoms with Gasteiger partial charge in [0.25, 0.3) is 7.37 Å². The average Bonchev–Trinajstić information content (AvgIpc) is 2.88. The van der Waals surface area contributed by atoms with Crippen LogP contribution in [0.5, 0.6) is 0 Å². The molecule has 4 nitrogen and oxygen atoms in total. The molecule has 0 aromatic heterocycles. The molecule has 0 saturated carbocycles. The van der Waals surface area contributed by atoms with Crippen molar-refractivity contribution in [3.05, 3.63) is 96.6 Å². The molecule has 0 N–H and O–H groups in total. The molecule has 2 unspecified atom stereocenters. The van der Waals surface area contributed by atoms with Crippen molar-refractivity contribution in [2.75, 3.05) is 25.2 Å². The molecule has 0 heterocycles. The Hall–Kier alpha value is -2.33. The first-order chi connectivity index (χ1) is 16.4. The summed E-state index contributed by atoms with van der Waals surface area (Å²) in [5, 5.41) is 1.24. The van der Waals surface area contributed by atoms with Crippen molar-refractivity contribution >= 4 is 35.7 Å². The first-order valence-corrected chi connectivity index (χ1v) is 14.5. The lowest BCUT2D eigenvalue weighted by molar-refractivity contribution is -0.154. The van der Waals surface area contributed by atoms with Crippen LogP contribution in [-0.2, 0) is 18.6 Å². The van der Waals surface area contributed by atoms with Crippen molar-refractivity contribution in [3.8, 4) is 0 Å². The van der Waals surface area contributed by atoms with Gasteiger partial charge in [-0.1, -0.05) is 73.7 Å². The predicted octanol–water partition coefficient (Wildman–Crippen LogP) is 6.04. The van der Waals surface area contributed by atoms with E-state index in [-0.39, 0.29) is 25.1 Å². The molecular weight excluding hydrogens is 463 g/mol. The summed E-state index contributed by atoms with van der Waals surface area (Å²) in [6.45, 7) is 4.20. The highest BCUT2D eigenvalue weighted by molar-refractivity contribution is 7.98. The fraction of sp³-hybridized carbons (Fsp3) is 0.321. The molecule has 34 heavy (non-hydrogen) atoms. The summed E-state index contributed by atoms with van der Waals surface area (Å²) in [6, 6.07) is 28.6. The Bertz CT molecular complexity index is 1030. The van der Waals surface area contributed by atoms with Crippen LogP contribution in [0, 0.1) is 5.41 Å². The lowest BCUT2D eigenvalue weighted by atomic mass is 9.80. The molecular formula is C28H33O4PS. The minimum atomic E-state index is -3.30. The first-order valence-electron chi connectivity index (χ1n) is 11.5. The van der Waals surface area contributed by atoms with E-state index < -0.39 is 12.8 Å². The fourth-order valence-electron chi connectivity index (χ4n) is 4.12. The molecule has 0 aliphatic rings. The van der Waals surface area contributed by atoms with E-state index in [4.69, 9.17) is 9.26 Å². The van der Waals surface area contributed by atoms with E-state index in [0.717, 1.165) is 0 Å². The summed E-state index contributed by atoms with van der Waals surface area (Å²) in [5.41, 5.74) is 0.578. The Morgan fingerprint density at radius 3 is 1.88 bits per heavy atom. The number of carbonyl (C=O) groups excluding carboxylic acids is 1. The third-order valence-electron chi connectivity index (χ3n) is 5.86. The highest BCUT2D eigenvalue weighted by atomic mass is 32.2. The van der Waals surface area contributed by atoms with Gasteiger partial charge in [0.05, 0.1) is 12.0 Å². The van der Waals surface area contributed by atoms with Crippen LogP contribution in [0.25, 0.3) is 0 Å². The minimum Gasteiger partial charge on any atom is -0.463 e. The monoisotopic (exact) mass is 496 g/mol. The number of rotatable bonds is 12. The standard InChI is InChI=1S/C28H33O4PS/c1-23(24-13-7-4-8-14-24)21-28(2,22-34-3)27(29)31-19-20-32-33(30,25-15-9-5-10-16-25)26-17-11-6-12-18-26/h4-18,23H,19-22H2,1-3H3. The van der Waals surface area contributed by atoms with E-state index in [9.17, 15) is 9.36 Å². The summed E-state index contributed by atoms with van der Waals surface area (Å²) in [6.07, 6.45) is 2.68. The third kappa shape index (κ3) is 6.63. The van der Waals surface area contributed by atoms with Gasteiger partial charge in [-0.25, -0.2) is 0 Å². The number of ether oxygens (including phenoxy) is 1. The molecule has 0 fully saturated rings. The molecule has 6 heteroatoms. The van der Waals surface area contributed by atoms with Crippen molar-refractivity contribution in [2.45, 2.75) is 26.2 Å². The normalized spacial score (nSPS) is 14.2. The topological polar surface area (TPSA) is 52.6 Å². The van der Waals surface area contributed by atoms with Crippen molar-refractivity contribution in [1.29, 1.82) is 0 Å². The molecule has 3 rings (SSSR count). The molecule has 3 aromatic rings. The summed E-state index contributed by atoms with van der Waals surface area (Å²) < 4.78 is 25.5. The van der Waals surface area contributed by atoms with Gasteiger partial charge in [0.1, 0.15) is 6.61 Å². The Morgan fingerprint density at radius 2 is 1.38 bits per heavy atom. The van der Waals surface area contributed by atoms with Gasteiger partial charge in [0.15, 0.2) is 0 Å². The van der Waals surface area contributed by atoms with Gasteiger partial charge in [-0.2, -0.15) is 11.8 Å². The highest BCUT2D eigenvalue weighted by Gasteiger charge is 2.36. The molecule has 0 saturated heterocycles. The van der Waals surface area contributed by atoms with Crippen LogP contribution in [-0.4, -0.2) is 31.2 Å². The van der Waals surface area contributed by atoms with Gasteiger partial charge in [-0.15, -0.1) is 0 Å². The smallest absolute Gasteiger partial charge is 0.312 e. The van der Waals surface area contributed by atoms with Crippen molar-refractivity contribution in [2.24, 2.45) is 5.41 Å². The zero-order chi connectivity index (χ0) is 24.4. The zero-order valence-electron chi connectivity index (χ0n) is 20.1. The maximum absolute atomic E-state index is 13.9. The SMILES string of the molecule is CSCC(C)(CC(C)c1ccccc1)C(=O)OCCOP(=O)(c1ccccc1)c1ccccc1. The number of benzene rings is 3. The van der Waals surface area contributed by atoms with E-state index in [0.29, 0.717) is 22.8 Å². The largest absolute Gasteiger partial charge is 0.463 e. The molecule has 180 valence electrons. The molecule has 3 aromatic carbocycles. The molecule has 0 radical (unpaired) electrons. The van der Waals surface area contributed by atoms with Crippen molar-refractivity contribution in [3.63, 3.8) is 0 Å². The van der Waals surface area contributed by atoms with Crippen LogP contribution in [0.2, 0.25) is 0 Å². The zero-order valence-corrected chi connectivity index (χ0v) is 21.8. The van der Waals surface area contributed by atoms with Gasteiger partial charge in [-0.05, 0) is 55.3 Å². The van der Waals surface area contributed by atoms with E-state index >= 15 is 0 Å². The summed E-state index contributed by atoms with van der Waals surface area (Å²) >= 11 is 1.64.